The molecule has 4 saturated carbocycles. The van der Waals surface area contributed by atoms with E-state index < -0.39 is 5.54 Å². The molecular weight excluding hydrogens is 248 g/mol. The molecule has 3 heteroatoms. The van der Waals surface area contributed by atoms with Crippen molar-refractivity contribution in [2.24, 2.45) is 23.2 Å². The second-order valence-corrected chi connectivity index (χ2v) is 8.45. The highest BCUT2D eigenvalue weighted by Crippen LogP contribution is 2.60. The van der Waals surface area contributed by atoms with Gasteiger partial charge in [-0.2, -0.15) is 0 Å². The van der Waals surface area contributed by atoms with Gasteiger partial charge in [-0.05, 0) is 82.6 Å². The number of hydrogen-bond donors (Lipinski definition) is 1. The lowest BCUT2D eigenvalue weighted by atomic mass is 9.49. The van der Waals surface area contributed by atoms with Gasteiger partial charge in [-0.15, -0.1) is 0 Å². The third kappa shape index (κ3) is 2.38. The Hall–Kier alpha value is -0.570. The van der Waals surface area contributed by atoms with Crippen LogP contribution in [0.25, 0.3) is 0 Å². The van der Waals surface area contributed by atoms with Crippen LogP contribution < -0.4 is 5.32 Å². The van der Waals surface area contributed by atoms with Gasteiger partial charge in [-0.25, -0.2) is 0 Å². The summed E-state index contributed by atoms with van der Waals surface area (Å²) < 4.78 is 0. The molecule has 0 atom stereocenters. The highest BCUT2D eigenvalue weighted by atomic mass is 16.2. The van der Waals surface area contributed by atoms with Crippen LogP contribution in [0, 0.1) is 23.2 Å². The van der Waals surface area contributed by atoms with Gasteiger partial charge >= 0.3 is 0 Å². The van der Waals surface area contributed by atoms with Crippen LogP contribution in [0.3, 0.4) is 0 Å². The van der Waals surface area contributed by atoms with E-state index in [0.29, 0.717) is 5.41 Å². The van der Waals surface area contributed by atoms with Crippen LogP contribution in [-0.2, 0) is 4.79 Å². The maximum absolute atomic E-state index is 12.6. The van der Waals surface area contributed by atoms with Crippen molar-refractivity contribution in [1.82, 2.24) is 10.2 Å². The third-order valence-corrected chi connectivity index (χ3v) is 6.24. The normalized spacial score (nSPS) is 39.1. The summed E-state index contributed by atoms with van der Waals surface area (Å²) >= 11 is 0. The topological polar surface area (TPSA) is 32.3 Å². The largest absolute Gasteiger partial charge is 0.344 e. The molecule has 4 rings (SSSR count). The SMILES string of the molecule is CNC(C)(C)C(=O)N(C)CC12CC3CC(CC(C3)C1)C2. The molecule has 4 aliphatic rings. The average Bonchev–Trinajstić information content (AvgIpc) is 2.35. The van der Waals surface area contributed by atoms with Crippen LogP contribution in [0.4, 0.5) is 0 Å². The summed E-state index contributed by atoms with van der Waals surface area (Å²) in [6.45, 7) is 4.93. The number of hydrogen-bond acceptors (Lipinski definition) is 2. The first-order chi connectivity index (χ1) is 9.33. The second kappa shape index (κ2) is 4.72. The summed E-state index contributed by atoms with van der Waals surface area (Å²) in [6.07, 6.45) is 8.53. The zero-order chi connectivity index (χ0) is 14.5. The van der Waals surface area contributed by atoms with E-state index in [1.54, 1.807) is 0 Å². The standard InChI is InChI=1S/C17H30N2O/c1-16(2,18-3)15(20)19(4)11-17-8-12-5-13(9-17)7-14(6-12)10-17/h12-14,18H,5-11H2,1-4H3. The van der Waals surface area contributed by atoms with E-state index in [4.69, 9.17) is 0 Å². The summed E-state index contributed by atoms with van der Waals surface area (Å²) in [6, 6.07) is 0. The fraction of sp³-hybridized carbons (Fsp3) is 0.941. The fourth-order valence-corrected chi connectivity index (χ4v) is 5.64. The quantitative estimate of drug-likeness (QED) is 0.857. The number of carbonyl (C=O) groups is 1. The van der Waals surface area contributed by atoms with Crippen molar-refractivity contribution in [2.75, 3.05) is 20.6 Å². The van der Waals surface area contributed by atoms with Gasteiger partial charge in [0.05, 0.1) is 5.54 Å². The monoisotopic (exact) mass is 278 g/mol. The van der Waals surface area contributed by atoms with Crippen LogP contribution in [0.2, 0.25) is 0 Å². The van der Waals surface area contributed by atoms with Gasteiger partial charge in [0, 0.05) is 13.6 Å². The van der Waals surface area contributed by atoms with Crippen molar-refractivity contribution in [1.29, 1.82) is 0 Å². The predicted octanol–water partition coefficient (Wildman–Crippen LogP) is 2.66. The van der Waals surface area contributed by atoms with Crippen molar-refractivity contribution >= 4 is 5.91 Å². The molecule has 0 saturated heterocycles. The Morgan fingerprint density at radius 2 is 1.60 bits per heavy atom. The van der Waals surface area contributed by atoms with E-state index >= 15 is 0 Å². The van der Waals surface area contributed by atoms with Crippen LogP contribution >= 0.6 is 0 Å². The van der Waals surface area contributed by atoms with E-state index in [0.717, 1.165) is 24.3 Å². The zero-order valence-electron chi connectivity index (χ0n) is 13.5. The molecule has 114 valence electrons. The number of nitrogens with one attached hydrogen (secondary N) is 1. The fourth-order valence-electron chi connectivity index (χ4n) is 5.64. The second-order valence-electron chi connectivity index (χ2n) is 8.45. The van der Waals surface area contributed by atoms with E-state index in [9.17, 15) is 4.79 Å². The summed E-state index contributed by atoms with van der Waals surface area (Å²) in [5.74, 6) is 3.11. The van der Waals surface area contributed by atoms with Gasteiger partial charge in [0.1, 0.15) is 0 Å². The molecule has 1 amide bonds. The molecule has 4 fully saturated rings. The minimum Gasteiger partial charge on any atom is -0.344 e. The number of rotatable bonds is 4. The number of likely N-dealkylation sites (N-methyl/N-ethyl adjacent to an activating group) is 2. The lowest BCUT2D eigenvalue weighted by molar-refractivity contribution is -0.140. The smallest absolute Gasteiger partial charge is 0.242 e. The zero-order valence-corrected chi connectivity index (χ0v) is 13.5. The average molecular weight is 278 g/mol. The maximum Gasteiger partial charge on any atom is 0.242 e. The Balaban J connectivity index is 1.70. The first-order valence-corrected chi connectivity index (χ1v) is 8.28. The number of nitrogens with zero attached hydrogens (tertiary/aromatic N) is 1. The first-order valence-electron chi connectivity index (χ1n) is 8.28. The Morgan fingerprint density at radius 1 is 1.15 bits per heavy atom. The van der Waals surface area contributed by atoms with Gasteiger partial charge < -0.3 is 10.2 Å². The molecule has 0 aromatic rings. The van der Waals surface area contributed by atoms with E-state index in [2.05, 4.69) is 5.32 Å². The van der Waals surface area contributed by atoms with Gasteiger partial charge in [0.25, 0.3) is 0 Å². The molecular formula is C17H30N2O. The molecule has 20 heavy (non-hydrogen) atoms. The third-order valence-electron chi connectivity index (χ3n) is 6.24. The first kappa shape index (κ1) is 14.4. The lowest BCUT2D eigenvalue weighted by Crippen LogP contribution is -2.56. The highest BCUT2D eigenvalue weighted by Gasteiger charge is 2.51. The molecule has 4 bridgehead atoms. The molecule has 0 aromatic heterocycles. The Kier molecular flexibility index (Phi) is 3.39. The molecule has 0 radical (unpaired) electrons. The maximum atomic E-state index is 12.6. The van der Waals surface area contributed by atoms with Crippen molar-refractivity contribution in [2.45, 2.75) is 57.9 Å². The highest BCUT2D eigenvalue weighted by molar-refractivity contribution is 5.85. The van der Waals surface area contributed by atoms with E-state index in [1.807, 2.05) is 32.8 Å². The molecule has 0 heterocycles. The lowest BCUT2D eigenvalue weighted by Gasteiger charge is -2.57. The molecule has 0 aromatic carbocycles. The Labute approximate surface area is 123 Å². The van der Waals surface area contributed by atoms with Crippen molar-refractivity contribution < 1.29 is 4.79 Å². The van der Waals surface area contributed by atoms with Gasteiger partial charge in [0.2, 0.25) is 5.91 Å². The van der Waals surface area contributed by atoms with Crippen LogP contribution in [0.1, 0.15) is 52.4 Å². The minimum absolute atomic E-state index is 0.232. The van der Waals surface area contributed by atoms with Crippen LogP contribution in [0.5, 0.6) is 0 Å². The van der Waals surface area contributed by atoms with Gasteiger partial charge in [-0.1, -0.05) is 0 Å². The molecule has 4 aliphatic carbocycles. The van der Waals surface area contributed by atoms with Gasteiger partial charge in [-0.3, -0.25) is 4.79 Å². The van der Waals surface area contributed by atoms with Gasteiger partial charge in [0.15, 0.2) is 0 Å². The Morgan fingerprint density at radius 3 is 2.00 bits per heavy atom. The summed E-state index contributed by atoms with van der Waals surface area (Å²) in [5, 5.41) is 3.14. The molecule has 0 aliphatic heterocycles. The molecule has 1 N–H and O–H groups in total. The molecule has 0 unspecified atom stereocenters. The van der Waals surface area contributed by atoms with E-state index in [1.165, 1.54) is 38.5 Å². The van der Waals surface area contributed by atoms with Crippen LogP contribution in [0.15, 0.2) is 0 Å². The van der Waals surface area contributed by atoms with Crippen molar-refractivity contribution in [3.8, 4) is 0 Å². The minimum atomic E-state index is -0.447. The number of amides is 1. The van der Waals surface area contributed by atoms with Crippen molar-refractivity contribution in [3.05, 3.63) is 0 Å². The molecule has 3 nitrogen and oxygen atoms in total. The number of carbonyl (C=O) groups excluding carboxylic acids is 1. The Bertz CT molecular complexity index is 367. The summed E-state index contributed by atoms with van der Waals surface area (Å²) in [5.41, 5.74) is 0.0000259. The summed E-state index contributed by atoms with van der Waals surface area (Å²) in [4.78, 5) is 14.6. The van der Waals surface area contributed by atoms with Crippen molar-refractivity contribution in [3.63, 3.8) is 0 Å². The molecule has 0 spiro atoms. The van der Waals surface area contributed by atoms with Crippen LogP contribution in [-0.4, -0.2) is 37.0 Å². The summed E-state index contributed by atoms with van der Waals surface area (Å²) in [7, 11) is 3.87. The predicted molar refractivity (Wildman–Crippen MR) is 81.4 cm³/mol. The van der Waals surface area contributed by atoms with E-state index in [-0.39, 0.29) is 5.91 Å².